The van der Waals surface area contributed by atoms with Crippen molar-refractivity contribution in [1.82, 2.24) is 15.2 Å². The van der Waals surface area contributed by atoms with E-state index in [4.69, 9.17) is 22.1 Å². The molecule has 4 aromatic rings. The number of pyridine rings is 1. The molecule has 3 amide bonds. The van der Waals surface area contributed by atoms with Crippen molar-refractivity contribution in [2.75, 3.05) is 30.9 Å². The van der Waals surface area contributed by atoms with Crippen LogP contribution in [-0.4, -0.2) is 54.5 Å². The van der Waals surface area contributed by atoms with Crippen molar-refractivity contribution in [2.45, 2.75) is 31.3 Å². The number of carbonyl (C=O) groups is 2. The summed E-state index contributed by atoms with van der Waals surface area (Å²) in [5.41, 5.74) is 8.10. The highest BCUT2D eigenvalue weighted by atomic mass is 35.5. The van der Waals surface area contributed by atoms with Crippen LogP contribution in [0.5, 0.6) is 11.5 Å². The Balaban J connectivity index is 1.21. The molecule has 6 rings (SSSR count). The van der Waals surface area contributed by atoms with Gasteiger partial charge in [-0.15, -0.1) is 11.3 Å². The number of nitrogens with two attached hydrogens (primary N) is 1. The molecule has 9 nitrogen and oxygen atoms in total. The summed E-state index contributed by atoms with van der Waals surface area (Å²) in [5, 5.41) is 7.21. The van der Waals surface area contributed by atoms with Crippen LogP contribution in [0.2, 0.25) is 5.02 Å². The van der Waals surface area contributed by atoms with Crippen LogP contribution in [0.3, 0.4) is 0 Å². The zero-order valence-electron chi connectivity index (χ0n) is 23.9. The lowest BCUT2D eigenvalue weighted by Gasteiger charge is -2.28. The summed E-state index contributed by atoms with van der Waals surface area (Å²) in [6.45, 7) is 0.843. The van der Waals surface area contributed by atoms with Crippen LogP contribution in [0.1, 0.15) is 28.9 Å². The Morgan fingerprint density at radius 3 is 2.84 bits per heavy atom. The molecule has 0 saturated heterocycles. The van der Waals surface area contributed by atoms with E-state index in [0.29, 0.717) is 49.2 Å². The predicted molar refractivity (Wildman–Crippen MR) is 173 cm³/mol. The molecule has 2 aromatic carbocycles. The highest BCUT2D eigenvalue weighted by Crippen LogP contribution is 2.46. The van der Waals surface area contributed by atoms with Gasteiger partial charge in [-0.25, -0.2) is 9.78 Å². The number of hydrogen-bond acceptors (Lipinski definition) is 7. The van der Waals surface area contributed by atoms with Crippen LogP contribution < -0.4 is 26.0 Å². The summed E-state index contributed by atoms with van der Waals surface area (Å²) >= 11 is 7.85. The maximum atomic E-state index is 13.5. The number of anilines is 3. The van der Waals surface area contributed by atoms with Gasteiger partial charge in [-0.05, 0) is 75.7 Å². The summed E-state index contributed by atoms with van der Waals surface area (Å²) < 4.78 is 5.91. The van der Waals surface area contributed by atoms with Crippen molar-refractivity contribution >= 4 is 62.2 Å². The molecule has 2 aromatic heterocycles. The van der Waals surface area contributed by atoms with E-state index in [1.165, 1.54) is 16.2 Å². The number of rotatable bonds is 9. The first-order valence-corrected chi connectivity index (χ1v) is 15.4. The molecule has 1 aliphatic carbocycles. The Kier molecular flexibility index (Phi) is 8.36. The topological polar surface area (TPSA) is 113 Å². The minimum Gasteiger partial charge on any atom is -0.456 e. The van der Waals surface area contributed by atoms with E-state index in [1.54, 1.807) is 30.5 Å². The number of urea groups is 1. The second kappa shape index (κ2) is 12.3. The van der Waals surface area contributed by atoms with E-state index in [-0.39, 0.29) is 18.0 Å². The van der Waals surface area contributed by atoms with Gasteiger partial charge in [-0.2, -0.15) is 0 Å². The molecule has 3 atom stereocenters. The fraction of sp³-hybridized carbons (Fsp3) is 0.281. The number of hydrogen-bond donors (Lipinski definition) is 3. The third-order valence-corrected chi connectivity index (χ3v) is 9.17. The van der Waals surface area contributed by atoms with Crippen molar-refractivity contribution in [3.63, 3.8) is 0 Å². The van der Waals surface area contributed by atoms with E-state index in [2.05, 4.69) is 32.7 Å². The lowest BCUT2D eigenvalue weighted by atomic mass is 9.98. The van der Waals surface area contributed by atoms with Gasteiger partial charge in [0.2, 0.25) is 0 Å². The van der Waals surface area contributed by atoms with E-state index in [9.17, 15) is 9.59 Å². The van der Waals surface area contributed by atoms with Gasteiger partial charge >= 0.3 is 6.03 Å². The highest BCUT2D eigenvalue weighted by Gasteiger charge is 2.35. The Morgan fingerprint density at radius 1 is 1.26 bits per heavy atom. The number of benzene rings is 2. The van der Waals surface area contributed by atoms with Gasteiger partial charge in [0.15, 0.2) is 0 Å². The van der Waals surface area contributed by atoms with Crippen molar-refractivity contribution in [3.05, 3.63) is 82.8 Å². The third-order valence-electron chi connectivity index (χ3n) is 7.78. The summed E-state index contributed by atoms with van der Waals surface area (Å²) in [7, 11) is 4.04. The van der Waals surface area contributed by atoms with E-state index >= 15 is 0 Å². The fourth-order valence-corrected chi connectivity index (χ4v) is 6.90. The molecule has 0 spiro atoms. The smallest absolute Gasteiger partial charge is 0.331 e. The van der Waals surface area contributed by atoms with Gasteiger partial charge in [0.05, 0.1) is 27.5 Å². The summed E-state index contributed by atoms with van der Waals surface area (Å²) in [6, 6.07) is 15.9. The first-order chi connectivity index (χ1) is 20.8. The monoisotopic (exact) mass is 616 g/mol. The minimum atomic E-state index is -0.392. The maximum absolute atomic E-state index is 13.5. The number of halogens is 1. The number of likely N-dealkylation sites (N-methyl/N-ethyl adjacent to an activating group) is 1. The average molecular weight is 617 g/mol. The lowest BCUT2D eigenvalue weighted by molar-refractivity contribution is 0.0942. The zero-order valence-corrected chi connectivity index (χ0v) is 25.5. The number of amides is 3. The molecule has 4 N–H and O–H groups in total. The maximum Gasteiger partial charge on any atom is 0.331 e. The molecule has 0 radical (unpaired) electrons. The number of nitrogens with one attached hydrogen (secondary N) is 2. The van der Waals surface area contributed by atoms with Crippen molar-refractivity contribution in [1.29, 1.82) is 0 Å². The Morgan fingerprint density at radius 2 is 2.07 bits per heavy atom. The number of nitrogens with zero attached hydrogens (tertiary/aromatic N) is 3. The zero-order chi connectivity index (χ0) is 30.1. The Bertz CT molecular complexity index is 1690. The summed E-state index contributed by atoms with van der Waals surface area (Å²) in [5.74, 6) is 1.22. The van der Waals surface area contributed by atoms with Gasteiger partial charge in [-0.3, -0.25) is 9.69 Å². The molecule has 2 aliphatic rings. The number of para-hydroxylation sites is 1. The summed E-state index contributed by atoms with van der Waals surface area (Å²) in [6.07, 6.45) is 8.43. The Labute approximate surface area is 259 Å². The molecular formula is C32H33ClN6O3S. The van der Waals surface area contributed by atoms with E-state index in [1.807, 2.05) is 44.4 Å². The van der Waals surface area contributed by atoms with Crippen LogP contribution in [0.4, 0.5) is 21.9 Å². The van der Waals surface area contributed by atoms with Crippen LogP contribution in [0, 0.1) is 5.92 Å². The lowest BCUT2D eigenvalue weighted by Crippen LogP contribution is -2.36. The highest BCUT2D eigenvalue weighted by molar-refractivity contribution is 7.21. The van der Waals surface area contributed by atoms with Crippen LogP contribution in [-0.2, 0) is 0 Å². The van der Waals surface area contributed by atoms with Crippen molar-refractivity contribution in [2.24, 2.45) is 11.7 Å². The standard InChI is InChI=1S/C32H33ClN6O3S/c1-38(2)16-6-9-24(34)19-10-11-20(17-19)36-30(40)29-28-27-25(14-15-35-31(27)43-29)39(32(41)37-28)21-12-13-26(23(33)18-21)42-22-7-4-3-5-8-22/h3-9,12-15,18-20,24H,10-11,16-17,34H2,1-2H3,(H,36,40)(H,37,41)/b9-6+/t19-,20+,24?/m1/s1. The average Bonchev–Trinajstić information content (AvgIpc) is 3.60. The third kappa shape index (κ3) is 6.09. The number of aromatic nitrogens is 1. The van der Waals surface area contributed by atoms with E-state index in [0.717, 1.165) is 31.2 Å². The Hall–Kier alpha value is -3.96. The molecule has 1 unspecified atom stereocenters. The molecular weight excluding hydrogens is 584 g/mol. The van der Waals surface area contributed by atoms with Crippen molar-refractivity contribution in [3.8, 4) is 11.5 Å². The normalized spacial score (nSPS) is 18.8. The minimum absolute atomic E-state index is 0.0187. The molecule has 222 valence electrons. The number of thiophene rings is 1. The van der Waals surface area contributed by atoms with E-state index < -0.39 is 6.03 Å². The molecule has 43 heavy (non-hydrogen) atoms. The number of carbonyl (C=O) groups excluding carboxylic acids is 2. The second-order valence-corrected chi connectivity index (χ2v) is 12.5. The summed E-state index contributed by atoms with van der Waals surface area (Å²) in [4.78, 5) is 36.3. The molecule has 11 heteroatoms. The molecule has 3 heterocycles. The molecule has 0 bridgehead atoms. The second-order valence-electron chi connectivity index (χ2n) is 11.1. The van der Waals surface area contributed by atoms with Gasteiger partial charge in [0.25, 0.3) is 5.91 Å². The quantitative estimate of drug-likeness (QED) is 0.179. The largest absolute Gasteiger partial charge is 0.456 e. The predicted octanol–water partition coefficient (Wildman–Crippen LogP) is 6.77. The van der Waals surface area contributed by atoms with Gasteiger partial charge < -0.3 is 26.0 Å². The van der Waals surface area contributed by atoms with Crippen molar-refractivity contribution < 1.29 is 14.3 Å². The van der Waals surface area contributed by atoms with Gasteiger partial charge in [-0.1, -0.05) is 42.0 Å². The van der Waals surface area contributed by atoms with Gasteiger partial charge in [0.1, 0.15) is 21.2 Å². The molecule has 1 saturated carbocycles. The first kappa shape index (κ1) is 29.1. The molecule has 1 aliphatic heterocycles. The number of ether oxygens (including phenoxy) is 1. The first-order valence-electron chi connectivity index (χ1n) is 14.2. The van der Waals surface area contributed by atoms with Gasteiger partial charge in [0, 0.05) is 24.8 Å². The van der Waals surface area contributed by atoms with Crippen LogP contribution in [0.25, 0.3) is 10.2 Å². The molecule has 1 fully saturated rings. The van der Waals surface area contributed by atoms with Crippen LogP contribution in [0.15, 0.2) is 72.9 Å². The fourth-order valence-electron chi connectivity index (χ4n) is 5.66. The van der Waals surface area contributed by atoms with Crippen LogP contribution >= 0.6 is 22.9 Å². The SMILES string of the molecule is CN(C)C/C=C/C(N)[C@@H]1CC[C@H](NC(=O)c2sc3nccc4c3c2NC(=O)N4c2ccc(Oc3ccccc3)c(Cl)c2)C1.